The summed E-state index contributed by atoms with van der Waals surface area (Å²) in [5, 5.41) is 48.0. The van der Waals surface area contributed by atoms with Gasteiger partial charge in [0, 0.05) is 53.1 Å². The van der Waals surface area contributed by atoms with Crippen molar-refractivity contribution in [3.8, 4) is 40.2 Å². The molecule has 302 valence electrons. The number of nitrogens with one attached hydrogen (secondary N) is 1. The first kappa shape index (κ1) is 37.6. The molecule has 7 heterocycles. The summed E-state index contributed by atoms with van der Waals surface area (Å²) in [4.78, 5) is 43.5. The zero-order valence-electron chi connectivity index (χ0n) is 31.9. The number of likely N-dealkylation sites (N-methyl/N-ethyl adjacent to an activating group) is 1. The largest absolute Gasteiger partial charge is 0.504 e. The lowest BCUT2D eigenvalue weighted by molar-refractivity contribution is -0.186. The number of phenols is 2. The van der Waals surface area contributed by atoms with Crippen LogP contribution < -0.4 is 29.0 Å². The number of fused-ring (bicyclic) bond motifs is 9. The summed E-state index contributed by atoms with van der Waals surface area (Å²) in [6, 6.07) is 2.27. The van der Waals surface area contributed by atoms with Gasteiger partial charge in [-0.3, -0.25) is 24.7 Å². The van der Waals surface area contributed by atoms with E-state index in [4.69, 9.17) is 28.4 Å². The third-order valence-electron chi connectivity index (χ3n) is 12.5. The number of piperazine rings is 1. The second kappa shape index (κ2) is 13.6. The van der Waals surface area contributed by atoms with E-state index in [0.29, 0.717) is 63.4 Å². The molecule has 16 nitrogen and oxygen atoms in total. The first-order valence-electron chi connectivity index (χ1n) is 18.7. The Balaban J connectivity index is 1.31. The third-order valence-corrected chi connectivity index (χ3v) is 14.0. The van der Waals surface area contributed by atoms with Gasteiger partial charge < -0.3 is 48.8 Å². The van der Waals surface area contributed by atoms with E-state index in [0.717, 1.165) is 5.56 Å². The summed E-state index contributed by atoms with van der Waals surface area (Å²) in [7, 11) is 4.70. The molecule has 4 bridgehead atoms. The molecule has 3 aromatic carbocycles. The summed E-state index contributed by atoms with van der Waals surface area (Å²) in [5.41, 5.74) is 3.13. The Bertz CT molecular complexity index is 2250. The van der Waals surface area contributed by atoms with Crippen molar-refractivity contribution < 1.29 is 63.2 Å². The fourth-order valence-corrected chi connectivity index (χ4v) is 11.9. The molecule has 0 amide bonds. The first-order chi connectivity index (χ1) is 27.3. The molecule has 2 saturated heterocycles. The SMILES string of the molecule is COc1cc2c(cc1O)CCN[C@]21CS[C@@H]2c3c(OC(C)=O)c(C)c4c(c3[C@H](COC1=O)N1[C@@H]2[C@H]2c3c(cc(CC(=O)O)c(OC)c3O)C[C@@H]([C@@H]1O)N2C)OCO4. The monoisotopic (exact) mass is 805 g/mol. The molecule has 1 spiro atoms. The molecule has 0 unspecified atom stereocenters. The number of carbonyl (C=O) groups excluding carboxylic acids is 2. The molecule has 7 atom stereocenters. The highest BCUT2D eigenvalue weighted by Gasteiger charge is 2.61. The Morgan fingerprint density at radius 3 is 2.53 bits per heavy atom. The fourth-order valence-electron chi connectivity index (χ4n) is 10.2. The number of carbonyl (C=O) groups is 3. The quantitative estimate of drug-likeness (QED) is 0.186. The molecule has 57 heavy (non-hydrogen) atoms. The van der Waals surface area contributed by atoms with Crippen molar-refractivity contribution in [2.45, 2.75) is 74.3 Å². The molecule has 0 aliphatic carbocycles. The summed E-state index contributed by atoms with van der Waals surface area (Å²) in [6.45, 7) is 3.14. The van der Waals surface area contributed by atoms with Gasteiger partial charge in [0.05, 0.1) is 44.0 Å². The predicted octanol–water partition coefficient (Wildman–Crippen LogP) is 2.73. The number of thioether (sulfide) groups is 1. The van der Waals surface area contributed by atoms with Gasteiger partial charge in [-0.05, 0) is 55.6 Å². The number of esters is 2. The van der Waals surface area contributed by atoms with Crippen LogP contribution in [-0.4, -0.2) is 113 Å². The number of aliphatic hydroxyl groups is 1. The van der Waals surface area contributed by atoms with Gasteiger partial charge in [0.2, 0.25) is 6.79 Å². The van der Waals surface area contributed by atoms with E-state index in [2.05, 4.69) is 5.32 Å². The van der Waals surface area contributed by atoms with Crippen LogP contribution in [0.2, 0.25) is 0 Å². The van der Waals surface area contributed by atoms with Crippen molar-refractivity contribution in [1.29, 1.82) is 0 Å². The van der Waals surface area contributed by atoms with Gasteiger partial charge >= 0.3 is 17.9 Å². The number of hydrogen-bond acceptors (Lipinski definition) is 16. The zero-order valence-corrected chi connectivity index (χ0v) is 32.7. The van der Waals surface area contributed by atoms with Gasteiger partial charge in [0.1, 0.15) is 18.6 Å². The molecular formula is C40H43N3O13S. The van der Waals surface area contributed by atoms with Crippen LogP contribution in [0.3, 0.4) is 0 Å². The fraction of sp³-hybridized carbons (Fsp3) is 0.475. The summed E-state index contributed by atoms with van der Waals surface area (Å²) < 4.78 is 35.8. The lowest BCUT2D eigenvalue weighted by Gasteiger charge is -2.62. The van der Waals surface area contributed by atoms with Gasteiger partial charge in [0.25, 0.3) is 0 Å². The van der Waals surface area contributed by atoms with Gasteiger partial charge in [-0.2, -0.15) is 0 Å². The normalized spacial score (nSPS) is 28.4. The van der Waals surface area contributed by atoms with E-state index in [-0.39, 0.29) is 60.7 Å². The van der Waals surface area contributed by atoms with Crippen LogP contribution in [0.15, 0.2) is 18.2 Å². The molecule has 5 N–H and O–H groups in total. The van der Waals surface area contributed by atoms with Crippen molar-refractivity contribution in [3.05, 3.63) is 62.7 Å². The highest BCUT2D eigenvalue weighted by molar-refractivity contribution is 7.99. The predicted molar refractivity (Wildman–Crippen MR) is 201 cm³/mol. The minimum Gasteiger partial charge on any atom is -0.504 e. The molecule has 0 aromatic heterocycles. The number of hydrogen-bond donors (Lipinski definition) is 5. The summed E-state index contributed by atoms with van der Waals surface area (Å²) >= 11 is 1.40. The highest BCUT2D eigenvalue weighted by atomic mass is 32.2. The Kier molecular flexibility index (Phi) is 8.97. The van der Waals surface area contributed by atoms with E-state index >= 15 is 0 Å². The van der Waals surface area contributed by atoms with E-state index < -0.39 is 59.1 Å². The van der Waals surface area contributed by atoms with Crippen LogP contribution in [0, 0.1) is 6.92 Å². The molecule has 0 saturated carbocycles. The van der Waals surface area contributed by atoms with E-state index in [1.165, 1.54) is 32.9 Å². The van der Waals surface area contributed by atoms with Gasteiger partial charge in [0.15, 0.2) is 40.0 Å². The molecule has 7 aliphatic rings. The zero-order chi connectivity index (χ0) is 40.2. The molecule has 3 aromatic rings. The van der Waals surface area contributed by atoms with E-state index in [1.54, 1.807) is 25.1 Å². The Morgan fingerprint density at radius 1 is 1.04 bits per heavy atom. The molecule has 0 radical (unpaired) electrons. The Labute approximate surface area is 331 Å². The molecule has 17 heteroatoms. The second-order valence-electron chi connectivity index (χ2n) is 15.3. The Hall–Kier alpha value is -4.94. The van der Waals surface area contributed by atoms with Gasteiger partial charge in [-0.15, -0.1) is 11.8 Å². The van der Waals surface area contributed by atoms with Crippen molar-refractivity contribution in [2.24, 2.45) is 0 Å². The minimum absolute atomic E-state index is 0.0478. The maximum atomic E-state index is 14.7. The number of phenolic OH excluding ortho intramolecular Hbond substituents is 2. The number of carboxylic acids is 1. The number of aromatic hydroxyl groups is 2. The van der Waals surface area contributed by atoms with Crippen LogP contribution in [0.25, 0.3) is 0 Å². The number of methoxy groups -OCH3 is 2. The number of nitrogens with zero attached hydrogens (tertiary/aromatic N) is 2. The van der Waals surface area contributed by atoms with Crippen molar-refractivity contribution >= 4 is 29.7 Å². The lowest BCUT2D eigenvalue weighted by atomic mass is 9.73. The summed E-state index contributed by atoms with van der Waals surface area (Å²) in [6.07, 6.45) is -0.762. The van der Waals surface area contributed by atoms with Crippen LogP contribution >= 0.6 is 11.8 Å². The van der Waals surface area contributed by atoms with Crippen LogP contribution in [0.1, 0.15) is 68.8 Å². The van der Waals surface area contributed by atoms with E-state index in [9.17, 15) is 34.8 Å². The third kappa shape index (κ3) is 5.39. The summed E-state index contributed by atoms with van der Waals surface area (Å²) in [5.74, 6) is -1.10. The average Bonchev–Trinajstić information content (AvgIpc) is 3.66. The van der Waals surface area contributed by atoms with Gasteiger partial charge in [-0.1, -0.05) is 6.07 Å². The number of aliphatic hydroxyl groups excluding tert-OH is 1. The minimum atomic E-state index is -1.42. The molecule has 2 fully saturated rings. The van der Waals surface area contributed by atoms with Crippen LogP contribution in [0.4, 0.5) is 0 Å². The topological polar surface area (TPSA) is 206 Å². The second-order valence-corrected chi connectivity index (χ2v) is 16.5. The van der Waals surface area contributed by atoms with Crippen LogP contribution in [-0.2, 0) is 43.9 Å². The van der Waals surface area contributed by atoms with Crippen LogP contribution in [0.5, 0.6) is 40.2 Å². The first-order valence-corrected chi connectivity index (χ1v) is 19.8. The number of benzene rings is 3. The standard InChI is InChI=1S/C40H43N3O13S/c1-16-33(56-17(2)44)29-28(36-34(16)54-15-55-36)23-13-53-39(50)40(21-12-25(51-4)24(45)10-18(21)6-7-41-40)14-57-37(29)31-30-27-19(9-22(42(30)3)38(49)43(23)31)8-20(11-26(46)47)35(52-5)32(27)48/h8,10,12,22-23,30-31,37-38,41,45,48-49H,6-7,9,11,13-15H2,1-5H3,(H,46,47)/t22-,23-,30+,31+,37+,38-,40+/m0/s1. The maximum Gasteiger partial charge on any atom is 0.331 e. The number of ether oxygens (including phenoxy) is 6. The van der Waals surface area contributed by atoms with Crippen molar-refractivity contribution in [3.63, 3.8) is 0 Å². The average molecular weight is 806 g/mol. The smallest absolute Gasteiger partial charge is 0.331 e. The molecule has 10 rings (SSSR count). The van der Waals surface area contributed by atoms with Crippen molar-refractivity contribution in [2.75, 3.05) is 47.0 Å². The van der Waals surface area contributed by atoms with Crippen molar-refractivity contribution in [1.82, 2.24) is 15.1 Å². The number of carboxylic acid groups (broad SMARTS) is 1. The number of aliphatic carboxylic acids is 1. The molecule has 7 aliphatic heterocycles. The Morgan fingerprint density at radius 2 is 1.81 bits per heavy atom. The number of rotatable bonds is 5. The van der Waals surface area contributed by atoms with E-state index in [1.807, 2.05) is 16.8 Å². The maximum absolute atomic E-state index is 14.7. The lowest BCUT2D eigenvalue weighted by Crippen LogP contribution is -2.70. The van der Waals surface area contributed by atoms with Gasteiger partial charge in [-0.25, -0.2) is 4.79 Å². The molecular weight excluding hydrogens is 763 g/mol. The highest BCUT2D eigenvalue weighted by Crippen LogP contribution is 2.64.